The molecule has 2 aromatic rings. The summed E-state index contributed by atoms with van der Waals surface area (Å²) in [6.45, 7) is 4.77. The number of hydrogen-bond acceptors (Lipinski definition) is 9. The second-order valence-electron chi connectivity index (χ2n) is 7.66. The van der Waals surface area contributed by atoms with Gasteiger partial charge >= 0.3 is 0 Å². The zero-order chi connectivity index (χ0) is 20.9. The molecule has 9 nitrogen and oxygen atoms in total. The number of aromatic nitrogens is 3. The van der Waals surface area contributed by atoms with Gasteiger partial charge in [-0.3, -0.25) is 9.59 Å². The molecule has 0 spiro atoms. The quantitative estimate of drug-likeness (QED) is 0.670. The number of piperazine rings is 1. The Hall–Kier alpha value is -2.14. The number of thioether (sulfide) groups is 1. The zero-order valence-corrected chi connectivity index (χ0v) is 18.6. The van der Waals surface area contributed by atoms with Crippen molar-refractivity contribution in [2.45, 2.75) is 43.4 Å². The van der Waals surface area contributed by atoms with Crippen LogP contribution < -0.4 is 10.2 Å². The number of carbonyl (C=O) groups is 2. The van der Waals surface area contributed by atoms with E-state index in [2.05, 4.69) is 25.6 Å². The van der Waals surface area contributed by atoms with E-state index in [-0.39, 0.29) is 17.6 Å². The lowest BCUT2D eigenvalue weighted by atomic mass is 9.88. The molecule has 0 radical (unpaired) electrons. The van der Waals surface area contributed by atoms with Crippen molar-refractivity contribution in [3.8, 4) is 0 Å². The van der Waals surface area contributed by atoms with Gasteiger partial charge < -0.3 is 19.6 Å². The summed E-state index contributed by atoms with van der Waals surface area (Å²) in [6, 6.07) is 1.67. The number of anilines is 2. The summed E-state index contributed by atoms with van der Waals surface area (Å²) in [5.41, 5.74) is 0. The molecule has 11 heteroatoms. The Kier molecular flexibility index (Phi) is 6.88. The summed E-state index contributed by atoms with van der Waals surface area (Å²) in [5.74, 6) is 1.67. The molecule has 3 heterocycles. The van der Waals surface area contributed by atoms with Crippen molar-refractivity contribution < 1.29 is 14.1 Å². The first-order chi connectivity index (χ1) is 14.6. The van der Waals surface area contributed by atoms with Gasteiger partial charge in [0.1, 0.15) is 5.76 Å². The molecule has 2 aliphatic rings. The minimum atomic E-state index is -0.167. The molecule has 30 heavy (non-hydrogen) atoms. The van der Waals surface area contributed by atoms with Gasteiger partial charge in [-0.25, -0.2) is 0 Å². The molecule has 0 atom stereocenters. The molecule has 2 fully saturated rings. The third-order valence-electron chi connectivity index (χ3n) is 5.43. The van der Waals surface area contributed by atoms with Gasteiger partial charge in [-0.15, -0.1) is 10.2 Å². The maximum atomic E-state index is 12.7. The highest BCUT2D eigenvalue weighted by atomic mass is 32.2. The van der Waals surface area contributed by atoms with Crippen LogP contribution in [0.2, 0.25) is 0 Å². The largest absolute Gasteiger partial charge is 0.360 e. The molecule has 1 saturated heterocycles. The van der Waals surface area contributed by atoms with Crippen LogP contribution >= 0.6 is 23.1 Å². The van der Waals surface area contributed by atoms with Gasteiger partial charge in [0.2, 0.25) is 16.9 Å². The first-order valence-corrected chi connectivity index (χ1v) is 12.1. The Morgan fingerprint density at radius 3 is 2.67 bits per heavy atom. The van der Waals surface area contributed by atoms with E-state index < -0.39 is 0 Å². The van der Waals surface area contributed by atoms with Crippen LogP contribution in [0.1, 0.15) is 37.9 Å². The molecule has 0 bridgehead atoms. The summed E-state index contributed by atoms with van der Waals surface area (Å²) < 4.78 is 5.68. The first kappa shape index (κ1) is 21.1. The smallest absolute Gasteiger partial charge is 0.236 e. The van der Waals surface area contributed by atoms with Crippen molar-refractivity contribution >= 4 is 45.9 Å². The highest BCUT2D eigenvalue weighted by Crippen LogP contribution is 2.30. The topological polar surface area (TPSA) is 104 Å². The summed E-state index contributed by atoms with van der Waals surface area (Å²) in [7, 11) is 0. The SMILES string of the molecule is Cc1cc(NC(=O)CSc2nnc(N3CCN(C(=O)C4CCCCC4)CC3)s2)no1. The minimum Gasteiger partial charge on any atom is -0.360 e. The summed E-state index contributed by atoms with van der Waals surface area (Å²) in [5, 5.41) is 15.8. The van der Waals surface area contributed by atoms with E-state index in [1.807, 2.05) is 4.90 Å². The number of aryl methyl sites for hydroxylation is 1. The van der Waals surface area contributed by atoms with Crippen molar-refractivity contribution in [1.29, 1.82) is 0 Å². The van der Waals surface area contributed by atoms with Gasteiger partial charge in [0, 0.05) is 38.2 Å². The first-order valence-electron chi connectivity index (χ1n) is 10.3. The number of rotatable bonds is 6. The van der Waals surface area contributed by atoms with E-state index in [9.17, 15) is 9.59 Å². The van der Waals surface area contributed by atoms with E-state index in [0.29, 0.717) is 17.5 Å². The molecule has 1 N–H and O–H groups in total. The molecule has 1 saturated carbocycles. The molecule has 2 aromatic heterocycles. The molecular weight excluding hydrogens is 424 g/mol. The van der Waals surface area contributed by atoms with Crippen LogP contribution in [-0.2, 0) is 9.59 Å². The Labute approximate surface area is 183 Å². The maximum absolute atomic E-state index is 12.7. The van der Waals surface area contributed by atoms with E-state index in [4.69, 9.17) is 4.52 Å². The Bertz CT molecular complexity index is 871. The van der Waals surface area contributed by atoms with Crippen LogP contribution in [0.5, 0.6) is 0 Å². The fourth-order valence-corrected chi connectivity index (χ4v) is 5.54. The third-order valence-corrected chi connectivity index (χ3v) is 7.55. The standard InChI is InChI=1S/C19H26N6O3S2/c1-13-11-15(23-28-13)20-16(26)12-29-19-22-21-18(30-19)25-9-7-24(8-10-25)17(27)14-5-3-2-4-6-14/h11,14H,2-10,12H2,1H3,(H,20,23,26). The van der Waals surface area contributed by atoms with Crippen molar-refractivity contribution in [3.63, 3.8) is 0 Å². The highest BCUT2D eigenvalue weighted by Gasteiger charge is 2.29. The van der Waals surface area contributed by atoms with Crippen molar-refractivity contribution in [3.05, 3.63) is 11.8 Å². The van der Waals surface area contributed by atoms with Gasteiger partial charge in [-0.05, 0) is 19.8 Å². The van der Waals surface area contributed by atoms with Gasteiger partial charge in [-0.2, -0.15) is 0 Å². The zero-order valence-electron chi connectivity index (χ0n) is 17.0. The molecule has 0 unspecified atom stereocenters. The maximum Gasteiger partial charge on any atom is 0.236 e. The highest BCUT2D eigenvalue weighted by molar-refractivity contribution is 8.01. The Morgan fingerprint density at radius 1 is 1.20 bits per heavy atom. The molecule has 2 amide bonds. The molecule has 162 valence electrons. The fraction of sp³-hybridized carbons (Fsp3) is 0.632. The van der Waals surface area contributed by atoms with Gasteiger partial charge in [0.15, 0.2) is 10.2 Å². The van der Waals surface area contributed by atoms with Crippen LogP contribution in [0.3, 0.4) is 0 Å². The fourth-order valence-electron chi connectivity index (χ4n) is 3.85. The van der Waals surface area contributed by atoms with Gasteiger partial charge in [0.05, 0.1) is 5.75 Å². The monoisotopic (exact) mass is 450 g/mol. The minimum absolute atomic E-state index is 0.167. The number of nitrogens with one attached hydrogen (secondary N) is 1. The van der Waals surface area contributed by atoms with Crippen molar-refractivity contribution in [2.75, 3.05) is 42.1 Å². The normalized spacial score (nSPS) is 17.9. The Morgan fingerprint density at radius 2 is 1.97 bits per heavy atom. The average Bonchev–Trinajstić information content (AvgIpc) is 3.41. The van der Waals surface area contributed by atoms with E-state index in [1.54, 1.807) is 13.0 Å². The van der Waals surface area contributed by atoms with Gasteiger partial charge in [0.25, 0.3) is 0 Å². The van der Waals surface area contributed by atoms with Crippen LogP contribution in [-0.4, -0.2) is 64.0 Å². The Balaban J connectivity index is 1.22. The number of nitrogens with zero attached hydrogens (tertiary/aromatic N) is 5. The molecule has 4 rings (SSSR count). The number of hydrogen-bond donors (Lipinski definition) is 1. The summed E-state index contributed by atoms with van der Waals surface area (Å²) in [6.07, 6.45) is 5.70. The van der Waals surface area contributed by atoms with Crippen LogP contribution in [0.25, 0.3) is 0 Å². The molecule has 0 aromatic carbocycles. The second-order valence-corrected chi connectivity index (χ2v) is 9.84. The predicted octanol–water partition coefficient (Wildman–Crippen LogP) is 2.79. The second kappa shape index (κ2) is 9.78. The van der Waals surface area contributed by atoms with E-state index in [1.165, 1.54) is 42.4 Å². The van der Waals surface area contributed by atoms with Crippen LogP contribution in [0.4, 0.5) is 10.9 Å². The summed E-state index contributed by atoms with van der Waals surface area (Å²) in [4.78, 5) is 28.9. The molecule has 1 aliphatic heterocycles. The van der Waals surface area contributed by atoms with Crippen LogP contribution in [0.15, 0.2) is 14.9 Å². The van der Waals surface area contributed by atoms with E-state index >= 15 is 0 Å². The number of carbonyl (C=O) groups excluding carboxylic acids is 2. The lowest BCUT2D eigenvalue weighted by Gasteiger charge is -2.36. The number of amides is 2. The van der Waals surface area contributed by atoms with Crippen molar-refractivity contribution in [2.24, 2.45) is 5.92 Å². The van der Waals surface area contributed by atoms with Gasteiger partial charge in [-0.1, -0.05) is 47.5 Å². The summed E-state index contributed by atoms with van der Waals surface area (Å²) >= 11 is 2.83. The van der Waals surface area contributed by atoms with Crippen molar-refractivity contribution in [1.82, 2.24) is 20.3 Å². The third kappa shape index (κ3) is 5.31. The lowest BCUT2D eigenvalue weighted by molar-refractivity contribution is -0.136. The van der Waals surface area contributed by atoms with E-state index in [0.717, 1.165) is 48.5 Å². The van der Waals surface area contributed by atoms with Crippen LogP contribution in [0, 0.1) is 12.8 Å². The lowest BCUT2D eigenvalue weighted by Crippen LogP contribution is -2.50. The average molecular weight is 451 g/mol. The predicted molar refractivity (Wildman–Crippen MR) is 116 cm³/mol. The molecular formula is C19H26N6O3S2. The molecule has 1 aliphatic carbocycles.